The molecule has 26 heavy (non-hydrogen) atoms. The van der Waals surface area contributed by atoms with Crippen LogP contribution in [0.5, 0.6) is 0 Å². The van der Waals surface area contributed by atoms with Crippen molar-refractivity contribution in [1.82, 2.24) is 0 Å². The van der Waals surface area contributed by atoms with Gasteiger partial charge in [-0.15, -0.1) is 0 Å². The second-order valence-corrected chi connectivity index (χ2v) is 6.26. The van der Waals surface area contributed by atoms with Crippen molar-refractivity contribution in [3.05, 3.63) is 60.2 Å². The van der Waals surface area contributed by atoms with Gasteiger partial charge in [-0.2, -0.15) is 0 Å². The second kappa shape index (κ2) is 7.16. The van der Waals surface area contributed by atoms with Crippen LogP contribution in [-0.2, 0) is 24.5 Å². The number of ether oxygens (including phenoxy) is 2. The van der Waals surface area contributed by atoms with Crippen LogP contribution >= 0.6 is 0 Å². The molecule has 0 aliphatic heterocycles. The second-order valence-electron chi connectivity index (χ2n) is 6.26. The SMILES string of the molecule is CCOC(=O)C(C)(C(=O)OCC)c1cc2ccccc2c2ccccc12. The van der Waals surface area contributed by atoms with Gasteiger partial charge in [0, 0.05) is 0 Å². The molecule has 3 aromatic rings. The Labute approximate surface area is 152 Å². The van der Waals surface area contributed by atoms with Gasteiger partial charge in [0.05, 0.1) is 13.2 Å². The normalized spacial score (nSPS) is 11.5. The minimum absolute atomic E-state index is 0.194. The number of hydrogen-bond donors (Lipinski definition) is 0. The van der Waals surface area contributed by atoms with Crippen LogP contribution in [0.4, 0.5) is 0 Å². The Bertz CT molecular complexity index is 956. The fourth-order valence-corrected chi connectivity index (χ4v) is 3.32. The molecule has 0 amide bonds. The molecule has 0 atom stereocenters. The molecule has 0 bridgehead atoms. The Morgan fingerprint density at radius 1 is 0.808 bits per heavy atom. The Hall–Kier alpha value is -2.88. The molecule has 0 saturated heterocycles. The Morgan fingerprint density at radius 3 is 1.88 bits per heavy atom. The highest BCUT2D eigenvalue weighted by molar-refractivity contribution is 6.15. The zero-order valence-electron chi connectivity index (χ0n) is 15.2. The molecule has 0 N–H and O–H groups in total. The predicted octanol–water partition coefficient (Wildman–Crippen LogP) is 4.38. The van der Waals surface area contributed by atoms with Crippen LogP contribution in [0.2, 0.25) is 0 Å². The van der Waals surface area contributed by atoms with E-state index in [4.69, 9.17) is 9.47 Å². The van der Waals surface area contributed by atoms with Crippen LogP contribution in [0, 0.1) is 0 Å². The maximum absolute atomic E-state index is 12.8. The maximum atomic E-state index is 12.8. The number of rotatable bonds is 5. The van der Waals surface area contributed by atoms with Crippen molar-refractivity contribution in [2.75, 3.05) is 13.2 Å². The van der Waals surface area contributed by atoms with E-state index >= 15 is 0 Å². The molecule has 0 aliphatic carbocycles. The van der Waals surface area contributed by atoms with Crippen molar-refractivity contribution >= 4 is 33.5 Å². The van der Waals surface area contributed by atoms with Crippen molar-refractivity contribution in [2.45, 2.75) is 26.2 Å². The van der Waals surface area contributed by atoms with Crippen molar-refractivity contribution in [3.63, 3.8) is 0 Å². The van der Waals surface area contributed by atoms with Crippen molar-refractivity contribution < 1.29 is 19.1 Å². The number of carbonyl (C=O) groups excluding carboxylic acids is 2. The molecule has 0 spiro atoms. The third kappa shape index (κ3) is 2.81. The van der Waals surface area contributed by atoms with E-state index in [1.54, 1.807) is 20.8 Å². The average Bonchev–Trinajstić information content (AvgIpc) is 2.67. The van der Waals surface area contributed by atoms with Gasteiger partial charge < -0.3 is 9.47 Å². The van der Waals surface area contributed by atoms with E-state index in [2.05, 4.69) is 0 Å². The molecule has 0 heterocycles. The summed E-state index contributed by atoms with van der Waals surface area (Å²) >= 11 is 0. The van der Waals surface area contributed by atoms with Gasteiger partial charge in [0.2, 0.25) is 0 Å². The number of esters is 2. The molecule has 3 rings (SSSR count). The molecule has 3 aromatic carbocycles. The molecule has 4 heteroatoms. The van der Waals surface area contributed by atoms with Crippen molar-refractivity contribution in [2.24, 2.45) is 0 Å². The average molecular weight is 350 g/mol. The fraction of sp³-hybridized carbons (Fsp3) is 0.273. The van der Waals surface area contributed by atoms with Crippen molar-refractivity contribution in [3.8, 4) is 0 Å². The molecule has 0 aromatic heterocycles. The summed E-state index contributed by atoms with van der Waals surface area (Å²) in [4.78, 5) is 25.7. The molecular weight excluding hydrogens is 328 g/mol. The smallest absolute Gasteiger partial charge is 0.327 e. The van der Waals surface area contributed by atoms with E-state index in [-0.39, 0.29) is 13.2 Å². The molecule has 4 nitrogen and oxygen atoms in total. The summed E-state index contributed by atoms with van der Waals surface area (Å²) in [6.45, 7) is 5.42. The minimum Gasteiger partial charge on any atom is -0.465 e. The highest BCUT2D eigenvalue weighted by atomic mass is 16.6. The summed E-state index contributed by atoms with van der Waals surface area (Å²) in [7, 11) is 0. The minimum atomic E-state index is -1.53. The standard InChI is InChI=1S/C22H22O4/c1-4-25-20(23)22(3,21(24)26-5-2)19-14-15-10-6-7-11-16(15)17-12-8-9-13-18(17)19/h6-14H,4-5H2,1-3H3. The first kappa shape index (κ1) is 17.9. The van der Waals surface area contributed by atoms with Gasteiger partial charge in [-0.1, -0.05) is 48.5 Å². The number of fused-ring (bicyclic) bond motifs is 3. The van der Waals surface area contributed by atoms with Crippen LogP contribution in [0.25, 0.3) is 21.5 Å². The van der Waals surface area contributed by atoms with Gasteiger partial charge in [0.1, 0.15) is 0 Å². The van der Waals surface area contributed by atoms with E-state index in [1.807, 2.05) is 54.6 Å². The number of hydrogen-bond acceptors (Lipinski definition) is 4. The van der Waals surface area contributed by atoms with Gasteiger partial charge in [-0.25, -0.2) is 0 Å². The monoisotopic (exact) mass is 350 g/mol. The zero-order chi connectivity index (χ0) is 18.7. The summed E-state index contributed by atoms with van der Waals surface area (Å²) in [5.74, 6) is -1.20. The lowest BCUT2D eigenvalue weighted by Crippen LogP contribution is -2.43. The molecule has 0 aliphatic rings. The zero-order valence-corrected chi connectivity index (χ0v) is 15.2. The summed E-state index contributed by atoms with van der Waals surface area (Å²) < 4.78 is 10.5. The lowest BCUT2D eigenvalue weighted by molar-refractivity contribution is -0.163. The van der Waals surface area contributed by atoms with Crippen LogP contribution in [0.3, 0.4) is 0 Å². The first-order valence-electron chi connectivity index (χ1n) is 8.79. The summed E-state index contributed by atoms with van der Waals surface area (Å²) in [6, 6.07) is 17.6. The van der Waals surface area contributed by atoms with E-state index in [0.29, 0.717) is 5.56 Å². The van der Waals surface area contributed by atoms with E-state index in [1.165, 1.54) is 0 Å². The molecule has 0 unspecified atom stereocenters. The molecular formula is C22H22O4. The van der Waals surface area contributed by atoms with Crippen LogP contribution < -0.4 is 0 Å². The lowest BCUT2D eigenvalue weighted by Gasteiger charge is -2.27. The highest BCUT2D eigenvalue weighted by Gasteiger charge is 2.47. The quantitative estimate of drug-likeness (QED) is 0.389. The first-order valence-corrected chi connectivity index (χ1v) is 8.79. The largest absolute Gasteiger partial charge is 0.465 e. The van der Waals surface area contributed by atoms with Gasteiger partial charge in [-0.3, -0.25) is 9.59 Å². The van der Waals surface area contributed by atoms with E-state index in [9.17, 15) is 9.59 Å². The highest BCUT2D eigenvalue weighted by Crippen LogP contribution is 2.37. The van der Waals surface area contributed by atoms with Gasteiger partial charge in [0.25, 0.3) is 0 Å². The summed E-state index contributed by atoms with van der Waals surface area (Å²) in [5, 5.41) is 3.86. The van der Waals surface area contributed by atoms with E-state index < -0.39 is 17.4 Å². The third-order valence-electron chi connectivity index (χ3n) is 4.67. The van der Waals surface area contributed by atoms with Crippen LogP contribution in [0.15, 0.2) is 54.6 Å². The van der Waals surface area contributed by atoms with Gasteiger partial charge in [0.15, 0.2) is 5.41 Å². The van der Waals surface area contributed by atoms with Crippen molar-refractivity contribution in [1.29, 1.82) is 0 Å². The fourth-order valence-electron chi connectivity index (χ4n) is 3.32. The lowest BCUT2D eigenvalue weighted by atomic mass is 9.78. The van der Waals surface area contributed by atoms with Gasteiger partial charge >= 0.3 is 11.9 Å². The number of carbonyl (C=O) groups is 2. The third-order valence-corrected chi connectivity index (χ3v) is 4.67. The molecule has 0 radical (unpaired) electrons. The predicted molar refractivity (Wildman–Crippen MR) is 102 cm³/mol. The molecule has 0 saturated carbocycles. The summed E-state index contributed by atoms with van der Waals surface area (Å²) in [5.41, 5.74) is -0.931. The Morgan fingerprint density at radius 2 is 1.31 bits per heavy atom. The Kier molecular flexibility index (Phi) is 4.94. The topological polar surface area (TPSA) is 52.6 Å². The van der Waals surface area contributed by atoms with E-state index in [0.717, 1.165) is 21.5 Å². The van der Waals surface area contributed by atoms with Gasteiger partial charge in [-0.05, 0) is 53.9 Å². The van der Waals surface area contributed by atoms with Crippen LogP contribution in [-0.4, -0.2) is 25.2 Å². The Balaban J connectivity index is 2.37. The molecule has 0 fully saturated rings. The molecule has 134 valence electrons. The summed E-state index contributed by atoms with van der Waals surface area (Å²) in [6.07, 6.45) is 0. The maximum Gasteiger partial charge on any atom is 0.327 e. The first-order chi connectivity index (χ1) is 12.5. The van der Waals surface area contributed by atoms with Crippen LogP contribution in [0.1, 0.15) is 26.3 Å². The number of benzene rings is 3.